The molecule has 5 nitrogen and oxygen atoms in total. The molecule has 0 amide bonds. The zero-order chi connectivity index (χ0) is 12.6. The second-order valence-corrected chi connectivity index (χ2v) is 3.78. The zero-order valence-electron chi connectivity index (χ0n) is 8.06. The van der Waals surface area contributed by atoms with Gasteiger partial charge >= 0.3 is 5.97 Å². The Bertz CT molecular complexity index is 600. The largest absolute Gasteiger partial charge is 0.476 e. The second kappa shape index (κ2) is 4.31. The molecule has 8 heteroatoms. The topological polar surface area (TPSA) is 68.0 Å². The second-order valence-electron chi connectivity index (χ2n) is 3.02. The van der Waals surface area contributed by atoms with E-state index in [4.69, 9.17) is 28.3 Å². The summed E-state index contributed by atoms with van der Waals surface area (Å²) >= 11 is 11.3. The number of halogens is 3. The third kappa shape index (κ3) is 1.96. The molecule has 1 N–H and O–H groups in total. The van der Waals surface area contributed by atoms with Crippen LogP contribution >= 0.6 is 23.2 Å². The number of nitrogens with zero attached hydrogens (tertiary/aromatic N) is 3. The Morgan fingerprint density at radius 3 is 2.71 bits per heavy atom. The Morgan fingerprint density at radius 2 is 2.12 bits per heavy atom. The summed E-state index contributed by atoms with van der Waals surface area (Å²) in [4.78, 5) is 10.7. The van der Waals surface area contributed by atoms with Crippen molar-refractivity contribution in [3.63, 3.8) is 0 Å². The van der Waals surface area contributed by atoms with Crippen molar-refractivity contribution in [1.82, 2.24) is 15.0 Å². The molecular weight excluding hydrogens is 272 g/mol. The molecule has 0 fully saturated rings. The van der Waals surface area contributed by atoms with Crippen molar-refractivity contribution in [3.8, 4) is 5.69 Å². The van der Waals surface area contributed by atoms with E-state index in [9.17, 15) is 9.18 Å². The molecule has 17 heavy (non-hydrogen) atoms. The molecule has 1 aromatic heterocycles. The fourth-order valence-electron chi connectivity index (χ4n) is 1.21. The summed E-state index contributed by atoms with van der Waals surface area (Å²) in [5.41, 5.74) is -0.520. The lowest BCUT2D eigenvalue weighted by atomic mass is 10.3. The molecule has 88 valence electrons. The first kappa shape index (κ1) is 11.8. The summed E-state index contributed by atoms with van der Waals surface area (Å²) in [7, 11) is 0. The summed E-state index contributed by atoms with van der Waals surface area (Å²) in [5.74, 6) is -2.10. The number of carboxylic acids is 1. The van der Waals surface area contributed by atoms with Gasteiger partial charge in [0.2, 0.25) is 5.69 Å². The van der Waals surface area contributed by atoms with Crippen molar-refractivity contribution in [2.75, 3.05) is 0 Å². The van der Waals surface area contributed by atoms with Gasteiger partial charge in [0.1, 0.15) is 5.69 Å². The van der Waals surface area contributed by atoms with Gasteiger partial charge in [-0.25, -0.2) is 9.18 Å². The standard InChI is InChI=1S/C9H4Cl2FN3O2/c10-4-2-1-3-5(6(4)12)15-8(11)7(9(16)17)13-14-15/h1-3H,(H,16,17). The minimum atomic E-state index is -1.34. The van der Waals surface area contributed by atoms with Crippen LogP contribution in [0.1, 0.15) is 10.5 Å². The summed E-state index contributed by atoms with van der Waals surface area (Å²) in [6.45, 7) is 0. The number of aromatic nitrogens is 3. The van der Waals surface area contributed by atoms with E-state index in [0.717, 1.165) is 4.68 Å². The van der Waals surface area contributed by atoms with E-state index in [0.29, 0.717) is 0 Å². The van der Waals surface area contributed by atoms with Gasteiger partial charge in [0.25, 0.3) is 0 Å². The number of aromatic carboxylic acids is 1. The van der Waals surface area contributed by atoms with Gasteiger partial charge in [0, 0.05) is 0 Å². The highest BCUT2D eigenvalue weighted by Crippen LogP contribution is 2.24. The molecule has 0 atom stereocenters. The third-order valence-electron chi connectivity index (χ3n) is 1.98. The van der Waals surface area contributed by atoms with Crippen molar-refractivity contribution < 1.29 is 14.3 Å². The quantitative estimate of drug-likeness (QED) is 0.914. The predicted octanol–water partition coefficient (Wildman–Crippen LogP) is 2.41. The van der Waals surface area contributed by atoms with E-state index in [1.54, 1.807) is 0 Å². The Labute approximate surface area is 104 Å². The molecule has 1 aromatic carbocycles. The van der Waals surface area contributed by atoms with Crippen molar-refractivity contribution in [3.05, 3.63) is 39.9 Å². The Morgan fingerprint density at radius 1 is 1.41 bits per heavy atom. The maximum absolute atomic E-state index is 13.7. The number of carboxylic acid groups (broad SMARTS) is 1. The minimum absolute atomic E-state index is 0.0671. The molecule has 0 aliphatic carbocycles. The van der Waals surface area contributed by atoms with Crippen LogP contribution < -0.4 is 0 Å². The van der Waals surface area contributed by atoms with Gasteiger partial charge in [0.15, 0.2) is 11.0 Å². The van der Waals surface area contributed by atoms with Gasteiger partial charge in [-0.05, 0) is 12.1 Å². The van der Waals surface area contributed by atoms with Crippen molar-refractivity contribution in [1.29, 1.82) is 0 Å². The van der Waals surface area contributed by atoms with Crippen LogP contribution in [0.2, 0.25) is 10.2 Å². The number of hydrogen-bond acceptors (Lipinski definition) is 3. The summed E-state index contributed by atoms with van der Waals surface area (Å²) in [6.07, 6.45) is 0. The minimum Gasteiger partial charge on any atom is -0.476 e. The van der Waals surface area contributed by atoms with Crippen LogP contribution in [0.15, 0.2) is 18.2 Å². The lowest BCUT2D eigenvalue weighted by molar-refractivity contribution is 0.0690. The van der Waals surface area contributed by atoms with E-state index >= 15 is 0 Å². The van der Waals surface area contributed by atoms with Gasteiger partial charge in [-0.2, -0.15) is 4.68 Å². The molecule has 0 saturated heterocycles. The molecule has 0 saturated carbocycles. The first-order valence-corrected chi connectivity index (χ1v) is 5.07. The van der Waals surface area contributed by atoms with Crippen molar-refractivity contribution in [2.24, 2.45) is 0 Å². The van der Waals surface area contributed by atoms with Crippen LogP contribution in [-0.4, -0.2) is 26.1 Å². The van der Waals surface area contributed by atoms with E-state index in [-0.39, 0.29) is 15.9 Å². The van der Waals surface area contributed by atoms with E-state index in [1.165, 1.54) is 18.2 Å². The number of rotatable bonds is 2. The smallest absolute Gasteiger partial charge is 0.359 e. The lowest BCUT2D eigenvalue weighted by Crippen LogP contribution is -2.01. The van der Waals surface area contributed by atoms with Crippen LogP contribution in [0, 0.1) is 5.82 Å². The molecule has 0 bridgehead atoms. The Kier molecular flexibility index (Phi) is 2.99. The first-order chi connectivity index (χ1) is 8.02. The molecular formula is C9H4Cl2FN3O2. The van der Waals surface area contributed by atoms with Crippen LogP contribution in [0.25, 0.3) is 5.69 Å². The third-order valence-corrected chi connectivity index (χ3v) is 2.61. The van der Waals surface area contributed by atoms with Crippen LogP contribution in [0.5, 0.6) is 0 Å². The summed E-state index contributed by atoms with van der Waals surface area (Å²) < 4.78 is 14.5. The summed E-state index contributed by atoms with van der Waals surface area (Å²) in [6, 6.07) is 4.19. The van der Waals surface area contributed by atoms with E-state index in [2.05, 4.69) is 10.3 Å². The molecule has 0 aliphatic rings. The number of carbonyl (C=O) groups is 1. The van der Waals surface area contributed by atoms with Crippen molar-refractivity contribution in [2.45, 2.75) is 0 Å². The van der Waals surface area contributed by atoms with Gasteiger partial charge in [-0.15, -0.1) is 5.10 Å². The number of hydrogen-bond donors (Lipinski definition) is 1. The fraction of sp³-hybridized carbons (Fsp3) is 0. The van der Waals surface area contributed by atoms with Gasteiger partial charge < -0.3 is 5.11 Å². The average Bonchev–Trinajstić information content (AvgIpc) is 2.64. The van der Waals surface area contributed by atoms with Gasteiger partial charge in [0.05, 0.1) is 5.02 Å². The first-order valence-electron chi connectivity index (χ1n) is 4.31. The fourth-order valence-corrected chi connectivity index (χ4v) is 1.62. The van der Waals surface area contributed by atoms with Crippen molar-refractivity contribution >= 4 is 29.2 Å². The molecule has 0 aliphatic heterocycles. The molecule has 0 spiro atoms. The van der Waals surface area contributed by atoms with Crippen LogP contribution in [-0.2, 0) is 0 Å². The predicted molar refractivity (Wildman–Crippen MR) is 58.3 cm³/mol. The van der Waals surface area contributed by atoms with E-state index < -0.39 is 17.5 Å². The number of benzene rings is 1. The zero-order valence-corrected chi connectivity index (χ0v) is 9.57. The highest BCUT2D eigenvalue weighted by molar-refractivity contribution is 6.32. The van der Waals surface area contributed by atoms with Crippen LogP contribution in [0.3, 0.4) is 0 Å². The van der Waals surface area contributed by atoms with Crippen LogP contribution in [0.4, 0.5) is 4.39 Å². The highest BCUT2D eigenvalue weighted by Gasteiger charge is 2.20. The maximum atomic E-state index is 13.7. The lowest BCUT2D eigenvalue weighted by Gasteiger charge is -2.04. The van der Waals surface area contributed by atoms with E-state index in [1.807, 2.05) is 0 Å². The Hall–Kier alpha value is -1.66. The highest BCUT2D eigenvalue weighted by atomic mass is 35.5. The SMILES string of the molecule is O=C(O)c1nnn(-c2cccc(Cl)c2F)c1Cl. The normalized spacial score (nSPS) is 10.5. The molecule has 0 unspecified atom stereocenters. The molecule has 2 aromatic rings. The Balaban J connectivity index is 2.62. The van der Waals surface area contributed by atoms with Gasteiger partial charge in [-0.1, -0.05) is 34.5 Å². The molecule has 0 radical (unpaired) electrons. The maximum Gasteiger partial charge on any atom is 0.359 e. The molecule has 1 heterocycles. The summed E-state index contributed by atoms with van der Waals surface area (Å²) in [5, 5.41) is 15.1. The van der Waals surface area contributed by atoms with Gasteiger partial charge in [-0.3, -0.25) is 0 Å². The molecule has 2 rings (SSSR count). The monoisotopic (exact) mass is 275 g/mol. The average molecular weight is 276 g/mol.